The lowest BCUT2D eigenvalue weighted by molar-refractivity contribution is -0.143. The smallest absolute Gasteiger partial charge is 0.305 e. The molecule has 6 heteroatoms. The van der Waals surface area contributed by atoms with Crippen molar-refractivity contribution < 1.29 is 24.5 Å². The predicted molar refractivity (Wildman–Crippen MR) is 264 cm³/mol. The summed E-state index contributed by atoms with van der Waals surface area (Å²) in [7, 11) is 0. The average Bonchev–Trinajstić information content (AvgIpc) is 3.26. The van der Waals surface area contributed by atoms with E-state index < -0.39 is 12.1 Å². The number of hydrogen-bond acceptors (Lipinski definition) is 5. The molecule has 1 amide bonds. The zero-order valence-electron chi connectivity index (χ0n) is 40.1. The average molecular weight is 854 g/mol. The number of carbonyl (C=O) groups excluding carboxylic acids is 2. The number of esters is 1. The predicted octanol–water partition coefficient (Wildman–Crippen LogP) is 15.6. The third-order valence-corrected chi connectivity index (χ3v) is 11.5. The summed E-state index contributed by atoms with van der Waals surface area (Å²) in [6.45, 7) is 4.70. The molecule has 0 fully saturated rings. The second-order valence-electron chi connectivity index (χ2n) is 17.5. The van der Waals surface area contributed by atoms with Gasteiger partial charge in [0.15, 0.2) is 0 Å². The summed E-state index contributed by atoms with van der Waals surface area (Å²) in [5.74, 6) is -0.129. The Hall–Kier alpha value is -2.44. The van der Waals surface area contributed by atoms with Gasteiger partial charge in [0.05, 0.1) is 25.4 Å². The zero-order valence-corrected chi connectivity index (χ0v) is 40.1. The largest absolute Gasteiger partial charge is 0.465 e. The number of unbranched alkanes of at least 4 members (excludes halogenated alkanes) is 28. The van der Waals surface area contributed by atoms with Gasteiger partial charge in [0, 0.05) is 12.8 Å². The van der Waals surface area contributed by atoms with Crippen LogP contribution in [-0.2, 0) is 14.3 Å². The van der Waals surface area contributed by atoms with Crippen LogP contribution in [0.4, 0.5) is 0 Å². The first-order chi connectivity index (χ1) is 30.0. The number of allylic oxidation sites excluding steroid dienone is 8. The number of aliphatic hydroxyl groups excluding tert-OH is 2. The number of carbonyl (C=O) groups is 2. The van der Waals surface area contributed by atoms with Gasteiger partial charge in [0.25, 0.3) is 0 Å². The SMILES string of the molecule is CCCC/C=C\C/C=C\CCCCCCCC(=O)OCC/C=C\C/C=C\CCCCCCCCCCCCCCCCC(=O)NC(CO)C(O)/C=C/CCCCCCCCC. The number of amides is 1. The van der Waals surface area contributed by atoms with Gasteiger partial charge in [-0.25, -0.2) is 0 Å². The molecule has 61 heavy (non-hydrogen) atoms. The minimum atomic E-state index is -0.847. The first-order valence-corrected chi connectivity index (χ1v) is 26.1. The van der Waals surface area contributed by atoms with Crippen LogP contribution in [-0.4, -0.2) is 47.4 Å². The van der Waals surface area contributed by atoms with Gasteiger partial charge in [-0.1, -0.05) is 222 Å². The normalized spacial score (nSPS) is 13.2. The molecule has 0 spiro atoms. The summed E-state index contributed by atoms with van der Waals surface area (Å²) in [5.41, 5.74) is 0. The van der Waals surface area contributed by atoms with Crippen LogP contribution in [0.15, 0.2) is 60.8 Å². The van der Waals surface area contributed by atoms with E-state index in [0.717, 1.165) is 64.2 Å². The highest BCUT2D eigenvalue weighted by molar-refractivity contribution is 5.76. The van der Waals surface area contributed by atoms with E-state index in [0.29, 0.717) is 19.4 Å². The molecule has 0 aromatic rings. The molecule has 0 bridgehead atoms. The fourth-order valence-electron chi connectivity index (χ4n) is 7.49. The van der Waals surface area contributed by atoms with E-state index in [1.54, 1.807) is 6.08 Å². The van der Waals surface area contributed by atoms with Gasteiger partial charge in [-0.2, -0.15) is 0 Å². The molecule has 0 aliphatic rings. The standard InChI is InChI=1S/C55H99NO5/c1-3-5-7-9-11-13-14-15-26-29-33-37-41-45-49-55(60)61-50-46-42-38-34-30-27-24-22-20-18-16-17-19-21-23-25-28-32-36-40-44-48-54(59)56-52(51-57)53(58)47-43-39-35-31-12-10-8-6-4-2/h9,11,14-15,27,30,38,42-43,47,52-53,57-58H,3-8,10,12-13,16-26,28-29,31-37,39-41,44-46,48-51H2,1-2H3,(H,56,59)/b11-9-,15-14-,30-27-,42-38-,47-43+. The Labute approximate surface area is 378 Å². The summed E-state index contributed by atoms with van der Waals surface area (Å²) in [6.07, 6.45) is 63.9. The summed E-state index contributed by atoms with van der Waals surface area (Å²) in [4.78, 5) is 24.3. The molecule has 0 aromatic carbocycles. The Balaban J connectivity index is 3.48. The van der Waals surface area contributed by atoms with Crippen molar-refractivity contribution in [2.45, 2.75) is 264 Å². The first-order valence-electron chi connectivity index (χ1n) is 26.1. The van der Waals surface area contributed by atoms with Crippen LogP contribution in [0.3, 0.4) is 0 Å². The molecule has 2 unspecified atom stereocenters. The van der Waals surface area contributed by atoms with E-state index >= 15 is 0 Å². The highest BCUT2D eigenvalue weighted by Crippen LogP contribution is 2.15. The lowest BCUT2D eigenvalue weighted by Gasteiger charge is -2.20. The lowest BCUT2D eigenvalue weighted by Crippen LogP contribution is -2.45. The van der Waals surface area contributed by atoms with E-state index in [1.807, 2.05) is 6.08 Å². The molecule has 0 aliphatic carbocycles. The first kappa shape index (κ1) is 58.6. The van der Waals surface area contributed by atoms with E-state index in [4.69, 9.17) is 4.74 Å². The molecule has 354 valence electrons. The molecule has 0 aromatic heterocycles. The summed E-state index contributed by atoms with van der Waals surface area (Å²) in [5, 5.41) is 22.9. The van der Waals surface area contributed by atoms with Gasteiger partial charge < -0.3 is 20.3 Å². The van der Waals surface area contributed by atoms with Gasteiger partial charge in [0.1, 0.15) is 0 Å². The number of aliphatic hydroxyl groups is 2. The van der Waals surface area contributed by atoms with Crippen molar-refractivity contribution in [3.63, 3.8) is 0 Å². The maximum atomic E-state index is 12.4. The molecule has 0 radical (unpaired) electrons. The van der Waals surface area contributed by atoms with Gasteiger partial charge in [-0.3, -0.25) is 9.59 Å². The number of nitrogens with one attached hydrogen (secondary N) is 1. The molecule has 0 heterocycles. The van der Waals surface area contributed by atoms with Crippen LogP contribution in [0.2, 0.25) is 0 Å². The minimum Gasteiger partial charge on any atom is -0.465 e. The van der Waals surface area contributed by atoms with Crippen molar-refractivity contribution >= 4 is 11.9 Å². The fourth-order valence-corrected chi connectivity index (χ4v) is 7.49. The number of rotatable bonds is 47. The lowest BCUT2D eigenvalue weighted by atomic mass is 10.0. The number of ether oxygens (including phenoxy) is 1. The van der Waals surface area contributed by atoms with Crippen molar-refractivity contribution in [2.24, 2.45) is 0 Å². The summed E-state index contributed by atoms with van der Waals surface area (Å²) in [6, 6.07) is -0.631. The quantitative estimate of drug-likeness (QED) is 0.0322. The zero-order chi connectivity index (χ0) is 44.4. The van der Waals surface area contributed by atoms with Crippen molar-refractivity contribution in [1.82, 2.24) is 5.32 Å². The van der Waals surface area contributed by atoms with Crippen molar-refractivity contribution in [2.75, 3.05) is 13.2 Å². The molecule has 0 rings (SSSR count). The fraction of sp³-hybridized carbons (Fsp3) is 0.782. The Kier molecular flexibility index (Phi) is 48.2. The molecule has 0 saturated heterocycles. The van der Waals surface area contributed by atoms with Gasteiger partial charge in [-0.05, 0) is 77.0 Å². The minimum absolute atomic E-state index is 0.0519. The Morgan fingerprint density at radius 1 is 0.459 bits per heavy atom. The van der Waals surface area contributed by atoms with E-state index in [9.17, 15) is 19.8 Å². The molecule has 3 N–H and O–H groups in total. The molecule has 6 nitrogen and oxygen atoms in total. The van der Waals surface area contributed by atoms with E-state index in [-0.39, 0.29) is 18.5 Å². The second kappa shape index (κ2) is 50.2. The molecule has 2 atom stereocenters. The van der Waals surface area contributed by atoms with Crippen LogP contribution in [0.25, 0.3) is 0 Å². The van der Waals surface area contributed by atoms with Crippen LogP contribution in [0.5, 0.6) is 0 Å². The molecular formula is C55H99NO5. The van der Waals surface area contributed by atoms with Gasteiger partial charge in [-0.15, -0.1) is 0 Å². The van der Waals surface area contributed by atoms with Crippen LogP contribution < -0.4 is 5.32 Å². The van der Waals surface area contributed by atoms with E-state index in [1.165, 1.54) is 161 Å². The van der Waals surface area contributed by atoms with E-state index in [2.05, 4.69) is 67.8 Å². The molecule has 0 saturated carbocycles. The molecule has 0 aliphatic heterocycles. The third kappa shape index (κ3) is 46.9. The second-order valence-corrected chi connectivity index (χ2v) is 17.5. The van der Waals surface area contributed by atoms with Crippen molar-refractivity contribution in [3.8, 4) is 0 Å². The molecular weight excluding hydrogens is 755 g/mol. The monoisotopic (exact) mass is 854 g/mol. The van der Waals surface area contributed by atoms with Crippen molar-refractivity contribution in [1.29, 1.82) is 0 Å². The van der Waals surface area contributed by atoms with Gasteiger partial charge >= 0.3 is 5.97 Å². The third-order valence-electron chi connectivity index (χ3n) is 11.5. The van der Waals surface area contributed by atoms with Crippen LogP contribution >= 0.6 is 0 Å². The maximum Gasteiger partial charge on any atom is 0.305 e. The maximum absolute atomic E-state index is 12.4. The summed E-state index contributed by atoms with van der Waals surface area (Å²) < 4.78 is 5.39. The van der Waals surface area contributed by atoms with Crippen LogP contribution in [0.1, 0.15) is 251 Å². The topological polar surface area (TPSA) is 95.9 Å². The Bertz CT molecular complexity index is 1080. The highest BCUT2D eigenvalue weighted by atomic mass is 16.5. The summed E-state index contributed by atoms with van der Waals surface area (Å²) >= 11 is 0. The van der Waals surface area contributed by atoms with Gasteiger partial charge in [0.2, 0.25) is 5.91 Å². The Morgan fingerprint density at radius 2 is 0.836 bits per heavy atom. The van der Waals surface area contributed by atoms with Crippen molar-refractivity contribution in [3.05, 3.63) is 60.8 Å². The van der Waals surface area contributed by atoms with Crippen LogP contribution in [0, 0.1) is 0 Å². The Morgan fingerprint density at radius 3 is 1.30 bits per heavy atom. The highest BCUT2D eigenvalue weighted by Gasteiger charge is 2.18. The number of hydrogen-bond donors (Lipinski definition) is 3.